The van der Waals surface area contributed by atoms with Crippen molar-refractivity contribution in [3.63, 3.8) is 0 Å². The smallest absolute Gasteiger partial charge is 0.322 e. The molecule has 1 aliphatic heterocycles. The lowest BCUT2D eigenvalue weighted by atomic mass is 10.1. The molecule has 2 heterocycles. The Morgan fingerprint density at radius 2 is 1.84 bits per heavy atom. The van der Waals surface area contributed by atoms with E-state index in [9.17, 15) is 9.18 Å². The second kappa shape index (κ2) is 8.46. The summed E-state index contributed by atoms with van der Waals surface area (Å²) in [5.41, 5.74) is 5.26. The van der Waals surface area contributed by atoms with E-state index in [1.165, 1.54) is 17.7 Å². The molecule has 0 bridgehead atoms. The maximum absolute atomic E-state index is 13.2. The number of aromatic nitrogens is 1. The summed E-state index contributed by atoms with van der Waals surface area (Å²) in [7, 11) is 0. The number of anilines is 1. The number of oxazole rings is 1. The number of hydrogen-bond acceptors (Lipinski definition) is 3. The minimum atomic E-state index is -0.264. The van der Waals surface area contributed by atoms with Crippen molar-refractivity contribution in [2.24, 2.45) is 0 Å². The fourth-order valence-corrected chi connectivity index (χ4v) is 4.20. The van der Waals surface area contributed by atoms with Gasteiger partial charge in [0.15, 0.2) is 5.58 Å². The van der Waals surface area contributed by atoms with Crippen LogP contribution in [0.4, 0.5) is 14.9 Å². The molecule has 5 nitrogen and oxygen atoms in total. The molecule has 3 aromatic carbocycles. The highest BCUT2D eigenvalue weighted by molar-refractivity contribution is 5.90. The molecule has 162 valence electrons. The topological polar surface area (TPSA) is 58.4 Å². The van der Waals surface area contributed by atoms with Gasteiger partial charge in [-0.05, 0) is 72.4 Å². The van der Waals surface area contributed by atoms with E-state index in [0.717, 1.165) is 41.6 Å². The van der Waals surface area contributed by atoms with E-state index in [1.807, 2.05) is 42.5 Å². The number of nitrogens with zero attached hydrogens (tertiary/aromatic N) is 2. The maximum Gasteiger partial charge on any atom is 0.322 e. The number of halogens is 1. The van der Waals surface area contributed by atoms with Crippen LogP contribution in [0, 0.1) is 5.82 Å². The quantitative estimate of drug-likeness (QED) is 0.399. The van der Waals surface area contributed by atoms with Crippen LogP contribution >= 0.6 is 0 Å². The predicted octanol–water partition coefficient (Wildman–Crippen LogP) is 6.57. The lowest BCUT2D eigenvalue weighted by molar-refractivity contribution is 0.199. The third-order valence-electron chi connectivity index (χ3n) is 5.99. The molecule has 1 aliphatic rings. The first kappa shape index (κ1) is 20.2. The third kappa shape index (κ3) is 3.96. The fraction of sp³-hybridized carbons (Fsp3) is 0.231. The van der Waals surface area contributed by atoms with Crippen molar-refractivity contribution in [2.75, 3.05) is 11.9 Å². The summed E-state index contributed by atoms with van der Waals surface area (Å²) in [5, 5.41) is 2.99. The summed E-state index contributed by atoms with van der Waals surface area (Å²) in [6, 6.07) is 19.7. The Balaban J connectivity index is 1.37. The first-order valence-corrected chi connectivity index (χ1v) is 10.9. The van der Waals surface area contributed by atoms with Gasteiger partial charge in [0.25, 0.3) is 0 Å². The second-order valence-corrected chi connectivity index (χ2v) is 8.07. The molecule has 6 heteroatoms. The minimum Gasteiger partial charge on any atom is -0.438 e. The Labute approximate surface area is 185 Å². The van der Waals surface area contributed by atoms with Gasteiger partial charge in [-0.2, -0.15) is 0 Å². The Bertz CT molecular complexity index is 1250. The van der Waals surface area contributed by atoms with Crippen LogP contribution in [-0.4, -0.2) is 22.5 Å². The van der Waals surface area contributed by atoms with Crippen molar-refractivity contribution in [1.82, 2.24) is 9.88 Å². The van der Waals surface area contributed by atoms with Crippen LogP contribution < -0.4 is 5.32 Å². The normalized spacial score (nSPS) is 15.9. The molecule has 4 aromatic rings. The van der Waals surface area contributed by atoms with Crippen LogP contribution in [0.15, 0.2) is 71.1 Å². The van der Waals surface area contributed by atoms with E-state index in [0.29, 0.717) is 18.0 Å². The molecule has 1 fully saturated rings. The van der Waals surface area contributed by atoms with Gasteiger partial charge in [-0.25, -0.2) is 14.2 Å². The van der Waals surface area contributed by atoms with Crippen LogP contribution in [0.5, 0.6) is 0 Å². The number of benzene rings is 3. The van der Waals surface area contributed by atoms with Crippen LogP contribution in [0.2, 0.25) is 0 Å². The van der Waals surface area contributed by atoms with Crippen molar-refractivity contribution in [1.29, 1.82) is 0 Å². The standard InChI is InChI=1S/C26H24FN3O2/c1-2-17-5-12-21(13-6-17)28-26(31)30-15-3-4-23(30)25-29-22-16-19(9-14-24(22)32-25)18-7-10-20(27)11-8-18/h5-14,16,23H,2-4,15H2,1H3,(H,28,31)/t23-/m1/s1. The Kier molecular flexibility index (Phi) is 5.35. The van der Waals surface area contributed by atoms with Gasteiger partial charge >= 0.3 is 6.03 Å². The van der Waals surface area contributed by atoms with Crippen molar-refractivity contribution in [3.05, 3.63) is 84.0 Å². The zero-order valence-corrected chi connectivity index (χ0v) is 17.8. The van der Waals surface area contributed by atoms with E-state index in [1.54, 1.807) is 17.0 Å². The van der Waals surface area contributed by atoms with Crippen LogP contribution in [-0.2, 0) is 6.42 Å². The highest BCUT2D eigenvalue weighted by atomic mass is 19.1. The van der Waals surface area contributed by atoms with Gasteiger partial charge in [0.05, 0.1) is 0 Å². The lowest BCUT2D eigenvalue weighted by Gasteiger charge is -2.22. The SMILES string of the molecule is CCc1ccc(NC(=O)N2CCC[C@@H]2c2nc3cc(-c4ccc(F)cc4)ccc3o2)cc1. The average Bonchev–Trinajstić information content (AvgIpc) is 3.46. The fourth-order valence-electron chi connectivity index (χ4n) is 4.20. The molecule has 0 unspecified atom stereocenters. The average molecular weight is 429 g/mol. The van der Waals surface area contributed by atoms with E-state index in [-0.39, 0.29) is 17.9 Å². The molecule has 0 saturated carbocycles. The first-order chi connectivity index (χ1) is 15.6. The monoisotopic (exact) mass is 429 g/mol. The summed E-state index contributed by atoms with van der Waals surface area (Å²) >= 11 is 0. The van der Waals surface area contributed by atoms with Gasteiger partial charge in [0, 0.05) is 12.2 Å². The van der Waals surface area contributed by atoms with E-state index < -0.39 is 0 Å². The third-order valence-corrected chi connectivity index (χ3v) is 5.99. The number of carbonyl (C=O) groups is 1. The number of likely N-dealkylation sites (tertiary alicyclic amines) is 1. The number of fused-ring (bicyclic) bond motifs is 1. The number of urea groups is 1. The van der Waals surface area contributed by atoms with Gasteiger partial charge in [-0.1, -0.05) is 37.3 Å². The van der Waals surface area contributed by atoms with E-state index >= 15 is 0 Å². The van der Waals surface area contributed by atoms with Crippen LogP contribution in [0.3, 0.4) is 0 Å². The van der Waals surface area contributed by atoms with Gasteiger partial charge in [0.2, 0.25) is 5.89 Å². The van der Waals surface area contributed by atoms with Crippen LogP contribution in [0.25, 0.3) is 22.2 Å². The second-order valence-electron chi connectivity index (χ2n) is 8.07. The number of hydrogen-bond donors (Lipinski definition) is 1. The van der Waals surface area contributed by atoms with Crippen molar-refractivity contribution < 1.29 is 13.6 Å². The predicted molar refractivity (Wildman–Crippen MR) is 123 cm³/mol. The Hall–Kier alpha value is -3.67. The zero-order chi connectivity index (χ0) is 22.1. The first-order valence-electron chi connectivity index (χ1n) is 10.9. The molecule has 0 spiro atoms. The molecule has 1 atom stereocenters. The summed E-state index contributed by atoms with van der Waals surface area (Å²) in [6.07, 6.45) is 2.66. The number of carbonyl (C=O) groups excluding carboxylic acids is 1. The number of nitrogens with one attached hydrogen (secondary N) is 1. The molecule has 2 amide bonds. The summed E-state index contributed by atoms with van der Waals surface area (Å²) in [5.74, 6) is 0.282. The van der Waals surface area contributed by atoms with Gasteiger partial charge in [-0.15, -0.1) is 0 Å². The molecule has 32 heavy (non-hydrogen) atoms. The van der Waals surface area contributed by atoms with Gasteiger partial charge in [-0.3, -0.25) is 0 Å². The van der Waals surface area contributed by atoms with Crippen LogP contribution in [0.1, 0.15) is 37.3 Å². The highest BCUT2D eigenvalue weighted by Gasteiger charge is 2.33. The van der Waals surface area contributed by atoms with Gasteiger partial charge in [0.1, 0.15) is 17.4 Å². The Morgan fingerprint density at radius 3 is 2.59 bits per heavy atom. The molecule has 1 aromatic heterocycles. The van der Waals surface area contributed by atoms with Crippen molar-refractivity contribution >= 4 is 22.8 Å². The summed E-state index contributed by atoms with van der Waals surface area (Å²) < 4.78 is 19.3. The molecule has 1 saturated heterocycles. The lowest BCUT2D eigenvalue weighted by Crippen LogP contribution is -2.34. The van der Waals surface area contributed by atoms with Crippen molar-refractivity contribution in [3.8, 4) is 11.1 Å². The van der Waals surface area contributed by atoms with E-state index in [4.69, 9.17) is 9.40 Å². The van der Waals surface area contributed by atoms with E-state index in [2.05, 4.69) is 12.2 Å². The summed E-state index contributed by atoms with van der Waals surface area (Å²) in [4.78, 5) is 19.4. The largest absolute Gasteiger partial charge is 0.438 e. The van der Waals surface area contributed by atoms with Gasteiger partial charge < -0.3 is 14.6 Å². The number of amides is 2. The molecule has 0 aliphatic carbocycles. The van der Waals surface area contributed by atoms with Crippen molar-refractivity contribution in [2.45, 2.75) is 32.2 Å². The molecular weight excluding hydrogens is 405 g/mol. The molecule has 0 radical (unpaired) electrons. The number of rotatable bonds is 4. The summed E-state index contributed by atoms with van der Waals surface area (Å²) in [6.45, 7) is 2.76. The minimum absolute atomic E-state index is 0.147. The molecular formula is C26H24FN3O2. The Morgan fingerprint density at radius 1 is 1.09 bits per heavy atom. The molecule has 5 rings (SSSR count). The highest BCUT2D eigenvalue weighted by Crippen LogP contribution is 2.34. The zero-order valence-electron chi connectivity index (χ0n) is 17.8. The number of aryl methyl sites for hydroxylation is 1. The maximum atomic E-state index is 13.2. The molecule has 1 N–H and O–H groups in total.